The fraction of sp³-hybridized carbons (Fsp3) is 0. The Balaban J connectivity index is 3.75. The van der Waals surface area contributed by atoms with Crippen molar-refractivity contribution in [2.24, 2.45) is 11.7 Å². The van der Waals surface area contributed by atoms with E-state index in [-0.39, 0.29) is 0 Å². The Labute approximate surface area is 57.2 Å². The highest BCUT2D eigenvalue weighted by atomic mass is 16.2. The first kappa shape index (κ1) is 8.60. The smallest absolute Gasteiger partial charge is 0.258 e. The van der Waals surface area contributed by atoms with E-state index in [1.807, 2.05) is 0 Å². The molecule has 0 aliphatic heterocycles. The first-order chi connectivity index (χ1) is 4.70. The number of carbonyl (C=O) groups excluding carboxylic acids is 2. The molecule has 0 bridgehead atoms. The van der Waals surface area contributed by atoms with Gasteiger partial charge in [0.15, 0.2) is 0 Å². The van der Waals surface area contributed by atoms with E-state index in [4.69, 9.17) is 0 Å². The number of amides is 2. The highest BCUT2D eigenvalue weighted by Gasteiger charge is 1.91. The van der Waals surface area contributed by atoms with Crippen LogP contribution in [0.1, 0.15) is 0 Å². The Kier molecular flexibility index (Phi) is 3.85. The third-order valence-corrected chi connectivity index (χ3v) is 0.671. The summed E-state index contributed by atoms with van der Waals surface area (Å²) in [6.45, 7) is 0. The molecule has 10 heavy (non-hydrogen) atoms. The molecular formula is C4H8N4O2. The van der Waals surface area contributed by atoms with Crippen LogP contribution in [0.2, 0.25) is 0 Å². The van der Waals surface area contributed by atoms with Gasteiger partial charge in [-0.05, 0) is 0 Å². The molecule has 0 aromatic carbocycles. The second-order valence-electron chi connectivity index (χ2n) is 1.35. The Bertz CT molecular complexity index is 147. The molecule has 0 radical (unpaired) electrons. The van der Waals surface area contributed by atoms with Crippen LogP contribution < -0.4 is 22.5 Å². The Morgan fingerprint density at radius 1 is 1.00 bits per heavy atom. The van der Waals surface area contributed by atoms with Gasteiger partial charge in [-0.3, -0.25) is 20.4 Å². The van der Waals surface area contributed by atoms with Crippen LogP contribution in [0, 0.1) is 0 Å². The van der Waals surface area contributed by atoms with E-state index in [1.54, 1.807) is 10.9 Å². The first-order valence-corrected chi connectivity index (χ1v) is 2.40. The number of carbonyl (C=O) groups is 2. The second-order valence-corrected chi connectivity index (χ2v) is 1.35. The summed E-state index contributed by atoms with van der Waals surface area (Å²) < 4.78 is 0. The van der Waals surface area contributed by atoms with Gasteiger partial charge < -0.3 is 0 Å². The lowest BCUT2D eigenvalue weighted by atomic mass is 10.4. The van der Waals surface area contributed by atoms with Gasteiger partial charge in [0.1, 0.15) is 0 Å². The topological polar surface area (TPSA) is 110 Å². The van der Waals surface area contributed by atoms with Crippen LogP contribution in [0.25, 0.3) is 0 Å². The minimum absolute atomic E-state index is 0.566. The van der Waals surface area contributed by atoms with Crippen LogP contribution in [-0.4, -0.2) is 11.8 Å². The number of rotatable bonds is 2. The van der Waals surface area contributed by atoms with Gasteiger partial charge in [-0.25, -0.2) is 11.7 Å². The first-order valence-electron chi connectivity index (χ1n) is 2.40. The monoisotopic (exact) mass is 144 g/mol. The van der Waals surface area contributed by atoms with E-state index in [1.165, 1.54) is 0 Å². The van der Waals surface area contributed by atoms with Crippen LogP contribution >= 0.6 is 0 Å². The minimum Gasteiger partial charge on any atom is -0.291 e. The van der Waals surface area contributed by atoms with Crippen molar-refractivity contribution in [1.29, 1.82) is 0 Å². The maximum Gasteiger partial charge on any atom is 0.258 e. The SMILES string of the molecule is NNC(=O)C=CC(=O)NN. The second kappa shape index (κ2) is 4.48. The third-order valence-electron chi connectivity index (χ3n) is 0.671. The van der Waals surface area contributed by atoms with Gasteiger partial charge in [-0.1, -0.05) is 0 Å². The highest BCUT2D eigenvalue weighted by molar-refractivity contribution is 5.96. The zero-order valence-electron chi connectivity index (χ0n) is 5.13. The number of nitrogens with two attached hydrogens (primary N) is 2. The molecule has 0 heterocycles. The van der Waals surface area contributed by atoms with Gasteiger partial charge in [-0.15, -0.1) is 0 Å². The van der Waals surface area contributed by atoms with Crippen molar-refractivity contribution in [2.75, 3.05) is 0 Å². The van der Waals surface area contributed by atoms with Gasteiger partial charge >= 0.3 is 0 Å². The maximum atomic E-state index is 10.3. The molecule has 0 unspecified atom stereocenters. The molecule has 2 amide bonds. The molecule has 0 aromatic rings. The summed E-state index contributed by atoms with van der Waals surface area (Å²) in [5, 5.41) is 0. The molecule has 0 saturated heterocycles. The molecule has 0 fully saturated rings. The number of hydrazine groups is 2. The average Bonchev–Trinajstić information content (AvgIpc) is 1.99. The lowest BCUT2D eigenvalue weighted by Crippen LogP contribution is -2.30. The van der Waals surface area contributed by atoms with E-state index < -0.39 is 11.8 Å². The lowest BCUT2D eigenvalue weighted by molar-refractivity contribution is -0.118. The molecule has 0 aromatic heterocycles. The van der Waals surface area contributed by atoms with E-state index in [2.05, 4.69) is 11.7 Å². The molecule has 6 N–H and O–H groups in total. The molecule has 0 aliphatic carbocycles. The molecule has 6 nitrogen and oxygen atoms in total. The van der Waals surface area contributed by atoms with Crippen molar-refractivity contribution >= 4 is 11.8 Å². The van der Waals surface area contributed by atoms with Crippen molar-refractivity contribution in [1.82, 2.24) is 10.9 Å². The zero-order valence-corrected chi connectivity index (χ0v) is 5.13. The molecular weight excluding hydrogens is 136 g/mol. The predicted octanol–water partition coefficient (Wildman–Crippen LogP) is -2.48. The molecule has 0 aliphatic rings. The van der Waals surface area contributed by atoms with Crippen molar-refractivity contribution in [3.63, 3.8) is 0 Å². The number of hydrogen-bond donors (Lipinski definition) is 4. The zero-order chi connectivity index (χ0) is 7.98. The quantitative estimate of drug-likeness (QED) is 0.149. The summed E-state index contributed by atoms with van der Waals surface area (Å²) in [6, 6.07) is 0. The summed E-state index contributed by atoms with van der Waals surface area (Å²) in [4.78, 5) is 20.6. The van der Waals surface area contributed by atoms with Crippen LogP contribution in [-0.2, 0) is 9.59 Å². The van der Waals surface area contributed by atoms with Gasteiger partial charge in [0, 0.05) is 12.2 Å². The Hall–Kier alpha value is -1.40. The van der Waals surface area contributed by atoms with Crippen LogP contribution in [0.4, 0.5) is 0 Å². The molecule has 0 rings (SSSR count). The fourth-order valence-electron chi connectivity index (χ4n) is 0.248. The number of nitrogens with one attached hydrogen (secondary N) is 2. The Morgan fingerprint density at radius 2 is 1.30 bits per heavy atom. The summed E-state index contributed by atoms with van der Waals surface area (Å²) in [5.74, 6) is 8.24. The summed E-state index contributed by atoms with van der Waals surface area (Å²) in [6.07, 6.45) is 1.92. The van der Waals surface area contributed by atoms with Crippen molar-refractivity contribution in [3.8, 4) is 0 Å². The van der Waals surface area contributed by atoms with Crippen molar-refractivity contribution in [3.05, 3.63) is 12.2 Å². The molecule has 56 valence electrons. The van der Waals surface area contributed by atoms with Crippen molar-refractivity contribution in [2.45, 2.75) is 0 Å². The van der Waals surface area contributed by atoms with Gasteiger partial charge in [-0.2, -0.15) is 0 Å². The standard InChI is InChI=1S/C4H8N4O2/c5-7-3(9)1-2-4(10)8-6/h1-2H,5-6H2,(H,7,9)(H,8,10). The predicted molar refractivity (Wildman–Crippen MR) is 33.8 cm³/mol. The maximum absolute atomic E-state index is 10.3. The summed E-state index contributed by atoms with van der Waals surface area (Å²) in [5.41, 5.74) is 3.60. The van der Waals surface area contributed by atoms with Crippen LogP contribution in [0.3, 0.4) is 0 Å². The minimum atomic E-state index is -0.566. The highest BCUT2D eigenvalue weighted by Crippen LogP contribution is 1.70. The lowest BCUT2D eigenvalue weighted by Gasteiger charge is -1.89. The van der Waals surface area contributed by atoms with Gasteiger partial charge in [0.05, 0.1) is 0 Å². The molecule has 0 atom stereocenters. The summed E-state index contributed by atoms with van der Waals surface area (Å²) in [7, 11) is 0. The van der Waals surface area contributed by atoms with E-state index in [0.717, 1.165) is 12.2 Å². The Morgan fingerprint density at radius 3 is 1.50 bits per heavy atom. The normalized spacial score (nSPS) is 9.40. The van der Waals surface area contributed by atoms with E-state index >= 15 is 0 Å². The molecule has 0 spiro atoms. The fourth-order valence-corrected chi connectivity index (χ4v) is 0.248. The van der Waals surface area contributed by atoms with Gasteiger partial charge in [0.25, 0.3) is 11.8 Å². The average molecular weight is 144 g/mol. The van der Waals surface area contributed by atoms with Crippen LogP contribution in [0.15, 0.2) is 12.2 Å². The molecule has 0 saturated carbocycles. The largest absolute Gasteiger partial charge is 0.291 e. The van der Waals surface area contributed by atoms with E-state index in [9.17, 15) is 9.59 Å². The van der Waals surface area contributed by atoms with Gasteiger partial charge in [0.2, 0.25) is 0 Å². The van der Waals surface area contributed by atoms with Crippen molar-refractivity contribution < 1.29 is 9.59 Å². The third kappa shape index (κ3) is 3.58. The summed E-state index contributed by atoms with van der Waals surface area (Å²) >= 11 is 0. The molecule has 6 heteroatoms. The number of hydrogen-bond acceptors (Lipinski definition) is 4. The van der Waals surface area contributed by atoms with E-state index in [0.29, 0.717) is 0 Å². The van der Waals surface area contributed by atoms with Crippen LogP contribution in [0.5, 0.6) is 0 Å².